The maximum absolute atomic E-state index is 12.4. The normalized spacial score (nSPS) is 15.6. The number of carbonyl (C=O) groups is 1. The van der Waals surface area contributed by atoms with Crippen LogP contribution in [-0.4, -0.2) is 67.6 Å². The van der Waals surface area contributed by atoms with Crippen LogP contribution in [0.5, 0.6) is 0 Å². The molecule has 0 amide bonds. The van der Waals surface area contributed by atoms with Gasteiger partial charge in [-0.05, 0) is 24.3 Å². The van der Waals surface area contributed by atoms with E-state index in [-0.39, 0.29) is 12.3 Å². The lowest BCUT2D eigenvalue weighted by atomic mass is 10.2. The molecule has 2 aromatic heterocycles. The number of hydrogen-bond donors (Lipinski definition) is 0. The highest BCUT2D eigenvalue weighted by atomic mass is 35.5. The molecule has 0 bridgehead atoms. The molecule has 3 aromatic rings. The standard InChI is InChI=1S/C18H19ClN8O/c1-24(2)9-13-10-25(11-16(13)28)18-23-22-17(12-26-20-7-8-21-26)27(18)15-5-3-14(19)4-6-15/h3-9H,10-12H2,1-2H3/b13-9-. The minimum Gasteiger partial charge on any atom is -0.383 e. The van der Waals surface area contributed by atoms with E-state index in [9.17, 15) is 4.79 Å². The second-order valence-corrected chi connectivity index (χ2v) is 7.12. The molecule has 1 aromatic carbocycles. The quantitative estimate of drug-likeness (QED) is 0.600. The smallest absolute Gasteiger partial charge is 0.232 e. The molecule has 1 aliphatic rings. The van der Waals surface area contributed by atoms with Gasteiger partial charge in [-0.2, -0.15) is 15.0 Å². The SMILES string of the molecule is CN(C)/C=C1/CN(c2nnc(Cn3nccn3)n2-c2ccc(Cl)cc2)CC1=O. The Morgan fingerprint density at radius 2 is 1.82 bits per heavy atom. The van der Waals surface area contributed by atoms with E-state index in [0.29, 0.717) is 29.9 Å². The third-order valence-corrected chi connectivity index (χ3v) is 4.55. The zero-order valence-electron chi connectivity index (χ0n) is 15.5. The van der Waals surface area contributed by atoms with E-state index in [2.05, 4.69) is 20.4 Å². The maximum Gasteiger partial charge on any atom is 0.232 e. The Kier molecular flexibility index (Phi) is 4.82. The number of Topliss-reactive ketones (excluding diaryl/α,β-unsaturated/α-hetero) is 1. The molecule has 9 nitrogen and oxygen atoms in total. The van der Waals surface area contributed by atoms with Crippen LogP contribution in [-0.2, 0) is 11.3 Å². The number of hydrogen-bond acceptors (Lipinski definition) is 7. The minimum absolute atomic E-state index is 0.0784. The fourth-order valence-corrected chi connectivity index (χ4v) is 3.24. The molecule has 0 saturated carbocycles. The molecule has 1 saturated heterocycles. The first kappa shape index (κ1) is 18.2. The number of rotatable bonds is 5. The summed E-state index contributed by atoms with van der Waals surface area (Å²) in [5.74, 6) is 1.33. The van der Waals surface area contributed by atoms with Gasteiger partial charge in [0.2, 0.25) is 5.95 Å². The Balaban J connectivity index is 1.74. The van der Waals surface area contributed by atoms with Gasteiger partial charge in [0.25, 0.3) is 0 Å². The number of nitrogens with zero attached hydrogens (tertiary/aromatic N) is 8. The van der Waals surface area contributed by atoms with Crippen molar-refractivity contribution in [2.45, 2.75) is 6.54 Å². The van der Waals surface area contributed by atoms with Crippen LogP contribution >= 0.6 is 11.6 Å². The molecule has 28 heavy (non-hydrogen) atoms. The van der Waals surface area contributed by atoms with Crippen molar-refractivity contribution < 1.29 is 4.79 Å². The summed E-state index contributed by atoms with van der Waals surface area (Å²) in [5, 5.41) is 17.6. The molecule has 0 aliphatic carbocycles. The summed E-state index contributed by atoms with van der Waals surface area (Å²) in [6, 6.07) is 7.40. The van der Waals surface area contributed by atoms with Crippen LogP contribution in [0, 0.1) is 0 Å². The third-order valence-electron chi connectivity index (χ3n) is 4.30. The van der Waals surface area contributed by atoms with Gasteiger partial charge in [-0.25, -0.2) is 0 Å². The van der Waals surface area contributed by atoms with Gasteiger partial charge in [0, 0.05) is 30.9 Å². The molecule has 144 valence electrons. The predicted molar refractivity (Wildman–Crippen MR) is 104 cm³/mol. The number of aromatic nitrogens is 6. The van der Waals surface area contributed by atoms with Crippen LogP contribution in [0.4, 0.5) is 5.95 Å². The van der Waals surface area contributed by atoms with Crippen LogP contribution in [0.25, 0.3) is 5.69 Å². The monoisotopic (exact) mass is 398 g/mol. The molecule has 0 spiro atoms. The van der Waals surface area contributed by atoms with Crippen molar-refractivity contribution >= 4 is 23.3 Å². The van der Waals surface area contributed by atoms with Crippen molar-refractivity contribution in [3.8, 4) is 5.69 Å². The Morgan fingerprint density at radius 1 is 1.11 bits per heavy atom. The number of benzene rings is 1. The first-order chi connectivity index (χ1) is 13.5. The van der Waals surface area contributed by atoms with E-state index in [1.807, 2.05) is 58.9 Å². The van der Waals surface area contributed by atoms with Gasteiger partial charge in [0.05, 0.1) is 31.2 Å². The van der Waals surface area contributed by atoms with Crippen LogP contribution in [0.1, 0.15) is 5.82 Å². The minimum atomic E-state index is 0.0784. The van der Waals surface area contributed by atoms with Crippen molar-refractivity contribution in [3.63, 3.8) is 0 Å². The number of ketones is 1. The van der Waals surface area contributed by atoms with Crippen LogP contribution in [0.2, 0.25) is 5.02 Å². The first-order valence-electron chi connectivity index (χ1n) is 8.71. The average Bonchev–Trinajstić information content (AvgIpc) is 3.38. The highest BCUT2D eigenvalue weighted by Crippen LogP contribution is 2.25. The lowest BCUT2D eigenvalue weighted by Crippen LogP contribution is -2.24. The van der Waals surface area contributed by atoms with Crippen molar-refractivity contribution in [2.75, 3.05) is 32.1 Å². The van der Waals surface area contributed by atoms with Gasteiger partial charge in [-0.1, -0.05) is 11.6 Å². The molecule has 3 heterocycles. The Bertz CT molecular complexity index is 1010. The largest absolute Gasteiger partial charge is 0.383 e. The fourth-order valence-electron chi connectivity index (χ4n) is 3.11. The molecule has 0 atom stereocenters. The van der Waals surface area contributed by atoms with Crippen LogP contribution < -0.4 is 4.90 Å². The highest BCUT2D eigenvalue weighted by molar-refractivity contribution is 6.30. The van der Waals surface area contributed by atoms with E-state index in [1.165, 1.54) is 4.80 Å². The molecule has 1 fully saturated rings. The summed E-state index contributed by atoms with van der Waals surface area (Å²) in [4.78, 5) is 17.7. The fraction of sp³-hybridized carbons (Fsp3) is 0.278. The predicted octanol–water partition coefficient (Wildman–Crippen LogP) is 1.40. The highest BCUT2D eigenvalue weighted by Gasteiger charge is 2.30. The molecule has 0 N–H and O–H groups in total. The van der Waals surface area contributed by atoms with Gasteiger partial charge in [-0.15, -0.1) is 10.2 Å². The van der Waals surface area contributed by atoms with E-state index >= 15 is 0 Å². The summed E-state index contributed by atoms with van der Waals surface area (Å²) < 4.78 is 1.91. The topological polar surface area (TPSA) is 85.0 Å². The molecule has 0 radical (unpaired) electrons. The molecule has 1 aliphatic heterocycles. The summed E-state index contributed by atoms with van der Waals surface area (Å²) in [5.41, 5.74) is 1.59. The van der Waals surface area contributed by atoms with Crippen LogP contribution in [0.15, 0.2) is 48.4 Å². The zero-order valence-corrected chi connectivity index (χ0v) is 16.3. The number of halogens is 1. The zero-order chi connectivity index (χ0) is 19.7. The number of carbonyl (C=O) groups excluding carboxylic acids is 1. The van der Waals surface area contributed by atoms with Crippen molar-refractivity contribution in [2.24, 2.45) is 0 Å². The Labute approximate surface area is 166 Å². The molecular weight excluding hydrogens is 380 g/mol. The molecular formula is C18H19ClN8O. The maximum atomic E-state index is 12.4. The molecule has 0 unspecified atom stereocenters. The van der Waals surface area contributed by atoms with Gasteiger partial charge in [-0.3, -0.25) is 9.36 Å². The van der Waals surface area contributed by atoms with Crippen molar-refractivity contribution in [1.29, 1.82) is 0 Å². The van der Waals surface area contributed by atoms with Crippen LogP contribution in [0.3, 0.4) is 0 Å². The molecule has 10 heteroatoms. The van der Waals surface area contributed by atoms with Crippen molar-refractivity contribution in [3.05, 3.63) is 59.3 Å². The van der Waals surface area contributed by atoms with E-state index in [1.54, 1.807) is 12.4 Å². The van der Waals surface area contributed by atoms with E-state index < -0.39 is 0 Å². The second-order valence-electron chi connectivity index (χ2n) is 6.68. The van der Waals surface area contributed by atoms with Gasteiger partial charge >= 0.3 is 0 Å². The molecule has 4 rings (SSSR count). The lowest BCUT2D eigenvalue weighted by Gasteiger charge is -2.18. The summed E-state index contributed by atoms with van der Waals surface area (Å²) in [6.45, 7) is 1.08. The van der Waals surface area contributed by atoms with Gasteiger partial charge in [0.15, 0.2) is 11.6 Å². The summed E-state index contributed by atoms with van der Waals surface area (Å²) >= 11 is 6.05. The van der Waals surface area contributed by atoms with E-state index in [0.717, 1.165) is 11.3 Å². The average molecular weight is 399 g/mol. The Hall–Kier alpha value is -3.20. The summed E-state index contributed by atoms with van der Waals surface area (Å²) in [7, 11) is 3.79. The van der Waals surface area contributed by atoms with E-state index in [4.69, 9.17) is 11.6 Å². The lowest BCUT2D eigenvalue weighted by molar-refractivity contribution is -0.113. The summed E-state index contributed by atoms with van der Waals surface area (Å²) in [6.07, 6.45) is 5.07. The second kappa shape index (κ2) is 7.43. The third kappa shape index (κ3) is 3.61. The number of anilines is 1. The van der Waals surface area contributed by atoms with Gasteiger partial charge in [0.1, 0.15) is 6.54 Å². The Morgan fingerprint density at radius 3 is 2.50 bits per heavy atom. The van der Waals surface area contributed by atoms with Gasteiger partial charge < -0.3 is 9.80 Å². The van der Waals surface area contributed by atoms with Crippen molar-refractivity contribution in [1.82, 2.24) is 34.7 Å². The first-order valence-corrected chi connectivity index (χ1v) is 9.08.